The Morgan fingerprint density at radius 3 is 2.53 bits per heavy atom. The fraction of sp³-hybridized carbons (Fsp3) is 0.250. The minimum atomic E-state index is -0.188. The summed E-state index contributed by atoms with van der Waals surface area (Å²) in [4.78, 5) is 0. The number of rotatable bonds is 4. The van der Waals surface area contributed by atoms with Crippen LogP contribution in [0.1, 0.15) is 18.1 Å². The third-order valence-electron chi connectivity index (χ3n) is 3.12. The van der Waals surface area contributed by atoms with Crippen molar-refractivity contribution in [3.63, 3.8) is 0 Å². The molecule has 0 amide bonds. The van der Waals surface area contributed by atoms with Crippen molar-refractivity contribution in [3.05, 3.63) is 63.9 Å². The molecule has 100 valence electrons. The lowest BCUT2D eigenvalue weighted by Crippen LogP contribution is -2.18. The summed E-state index contributed by atoms with van der Waals surface area (Å²) in [6, 6.07) is 13.1. The first-order chi connectivity index (χ1) is 9.06. The molecule has 2 aromatic rings. The third-order valence-corrected chi connectivity index (χ3v) is 3.98. The summed E-state index contributed by atoms with van der Waals surface area (Å²) in [5.74, 6) is -0.188. The molecule has 3 heteroatoms. The second kappa shape index (κ2) is 6.20. The Hall–Kier alpha value is -1.35. The van der Waals surface area contributed by atoms with Crippen molar-refractivity contribution in [1.29, 1.82) is 0 Å². The lowest BCUT2D eigenvalue weighted by molar-refractivity contribution is 0.626. The van der Waals surface area contributed by atoms with E-state index in [-0.39, 0.29) is 5.82 Å². The highest BCUT2D eigenvalue weighted by atomic mass is 79.9. The Morgan fingerprint density at radius 2 is 1.84 bits per heavy atom. The first-order valence-electron chi connectivity index (χ1n) is 6.32. The van der Waals surface area contributed by atoms with Gasteiger partial charge in [0.2, 0.25) is 0 Å². The Bertz CT molecular complexity index is 551. The summed E-state index contributed by atoms with van der Waals surface area (Å²) >= 11 is 3.53. The minimum absolute atomic E-state index is 0.188. The number of anilines is 1. The maximum atomic E-state index is 12.8. The first-order valence-corrected chi connectivity index (χ1v) is 7.11. The first kappa shape index (κ1) is 14.1. The van der Waals surface area contributed by atoms with Crippen molar-refractivity contribution in [2.45, 2.75) is 26.3 Å². The average Bonchev–Trinajstić information content (AvgIpc) is 2.38. The van der Waals surface area contributed by atoms with Gasteiger partial charge in [-0.05, 0) is 55.7 Å². The monoisotopic (exact) mass is 321 g/mol. The van der Waals surface area contributed by atoms with Crippen molar-refractivity contribution >= 4 is 21.6 Å². The van der Waals surface area contributed by atoms with Crippen LogP contribution >= 0.6 is 15.9 Å². The number of nitrogens with one attached hydrogen (secondary N) is 1. The van der Waals surface area contributed by atoms with Crippen molar-refractivity contribution in [2.24, 2.45) is 0 Å². The van der Waals surface area contributed by atoms with Crippen molar-refractivity contribution < 1.29 is 4.39 Å². The minimum Gasteiger partial charge on any atom is -0.382 e. The summed E-state index contributed by atoms with van der Waals surface area (Å²) in [6.45, 7) is 4.21. The molecule has 0 saturated heterocycles. The Labute approximate surface area is 122 Å². The van der Waals surface area contributed by atoms with Gasteiger partial charge in [0, 0.05) is 16.2 Å². The number of hydrogen-bond donors (Lipinski definition) is 1. The van der Waals surface area contributed by atoms with E-state index in [1.165, 1.54) is 17.7 Å². The zero-order valence-electron chi connectivity index (χ0n) is 11.1. The van der Waals surface area contributed by atoms with E-state index >= 15 is 0 Å². The molecule has 0 aliphatic carbocycles. The molecule has 0 heterocycles. The van der Waals surface area contributed by atoms with Gasteiger partial charge in [0.1, 0.15) is 5.82 Å². The van der Waals surface area contributed by atoms with Crippen LogP contribution in [0.5, 0.6) is 0 Å². The maximum absolute atomic E-state index is 12.8. The molecule has 2 aromatic carbocycles. The molecule has 1 unspecified atom stereocenters. The van der Waals surface area contributed by atoms with Crippen LogP contribution in [0.3, 0.4) is 0 Å². The van der Waals surface area contributed by atoms with E-state index < -0.39 is 0 Å². The molecular weight excluding hydrogens is 305 g/mol. The zero-order valence-corrected chi connectivity index (χ0v) is 12.7. The molecule has 0 aliphatic heterocycles. The van der Waals surface area contributed by atoms with E-state index in [4.69, 9.17) is 0 Å². The molecule has 0 spiro atoms. The van der Waals surface area contributed by atoms with Crippen LogP contribution in [0.15, 0.2) is 46.9 Å². The predicted octanol–water partition coefficient (Wildman–Crippen LogP) is 4.94. The van der Waals surface area contributed by atoms with Crippen molar-refractivity contribution in [2.75, 3.05) is 5.32 Å². The topological polar surface area (TPSA) is 12.0 Å². The van der Waals surface area contributed by atoms with E-state index in [1.807, 2.05) is 24.3 Å². The summed E-state index contributed by atoms with van der Waals surface area (Å²) < 4.78 is 14.0. The van der Waals surface area contributed by atoms with E-state index in [1.54, 1.807) is 0 Å². The summed E-state index contributed by atoms with van der Waals surface area (Å²) in [7, 11) is 0. The molecule has 19 heavy (non-hydrogen) atoms. The number of halogens is 2. The van der Waals surface area contributed by atoms with Gasteiger partial charge >= 0.3 is 0 Å². The average molecular weight is 322 g/mol. The maximum Gasteiger partial charge on any atom is 0.123 e. The molecule has 1 nitrogen and oxygen atoms in total. The van der Waals surface area contributed by atoms with Crippen LogP contribution in [0.2, 0.25) is 0 Å². The van der Waals surface area contributed by atoms with Gasteiger partial charge in [0.05, 0.1) is 0 Å². The highest BCUT2D eigenvalue weighted by Crippen LogP contribution is 2.24. The largest absolute Gasteiger partial charge is 0.382 e. The predicted molar refractivity (Wildman–Crippen MR) is 82.1 cm³/mol. The van der Waals surface area contributed by atoms with Gasteiger partial charge in [-0.15, -0.1) is 0 Å². The molecule has 0 aromatic heterocycles. The van der Waals surface area contributed by atoms with Crippen molar-refractivity contribution in [1.82, 2.24) is 0 Å². The second-order valence-electron chi connectivity index (χ2n) is 4.79. The fourth-order valence-corrected chi connectivity index (χ4v) is 2.42. The van der Waals surface area contributed by atoms with Crippen LogP contribution in [0.4, 0.5) is 10.1 Å². The lowest BCUT2D eigenvalue weighted by atomic mass is 10.1. The van der Waals surface area contributed by atoms with E-state index in [9.17, 15) is 4.39 Å². The molecule has 0 aliphatic rings. The van der Waals surface area contributed by atoms with Gasteiger partial charge in [-0.25, -0.2) is 4.39 Å². The highest BCUT2D eigenvalue weighted by Gasteiger charge is 2.07. The lowest BCUT2D eigenvalue weighted by Gasteiger charge is -2.17. The van der Waals surface area contributed by atoms with Crippen LogP contribution in [0.25, 0.3) is 0 Å². The summed E-state index contributed by atoms with van der Waals surface area (Å²) in [5, 5.41) is 3.49. The van der Waals surface area contributed by atoms with Crippen LogP contribution in [0, 0.1) is 12.7 Å². The van der Waals surface area contributed by atoms with Crippen LogP contribution in [-0.2, 0) is 6.42 Å². The number of benzene rings is 2. The summed E-state index contributed by atoms with van der Waals surface area (Å²) in [6.07, 6.45) is 0.867. The van der Waals surface area contributed by atoms with Gasteiger partial charge in [0.15, 0.2) is 0 Å². The van der Waals surface area contributed by atoms with Crippen LogP contribution in [-0.4, -0.2) is 6.04 Å². The molecule has 0 radical (unpaired) electrons. The Morgan fingerprint density at radius 1 is 1.16 bits per heavy atom. The molecule has 2 rings (SSSR count). The van der Waals surface area contributed by atoms with Gasteiger partial charge in [-0.2, -0.15) is 0 Å². The molecular formula is C16H17BrFN. The van der Waals surface area contributed by atoms with E-state index in [2.05, 4.69) is 41.2 Å². The quantitative estimate of drug-likeness (QED) is 0.841. The van der Waals surface area contributed by atoms with E-state index in [0.29, 0.717) is 6.04 Å². The molecule has 1 atom stereocenters. The molecule has 1 N–H and O–H groups in total. The molecule has 0 fully saturated rings. The normalized spacial score (nSPS) is 12.2. The highest BCUT2D eigenvalue weighted by molar-refractivity contribution is 9.10. The zero-order chi connectivity index (χ0) is 13.8. The Balaban J connectivity index is 2.03. The van der Waals surface area contributed by atoms with Gasteiger partial charge in [0.25, 0.3) is 0 Å². The summed E-state index contributed by atoms with van der Waals surface area (Å²) in [5.41, 5.74) is 3.46. The fourth-order valence-electron chi connectivity index (χ4n) is 2.05. The van der Waals surface area contributed by atoms with Gasteiger partial charge < -0.3 is 5.32 Å². The number of hydrogen-bond acceptors (Lipinski definition) is 1. The third kappa shape index (κ3) is 3.80. The van der Waals surface area contributed by atoms with Crippen LogP contribution < -0.4 is 5.32 Å². The Kier molecular flexibility index (Phi) is 4.59. The second-order valence-corrected chi connectivity index (χ2v) is 5.64. The van der Waals surface area contributed by atoms with Crippen molar-refractivity contribution in [3.8, 4) is 0 Å². The standard InChI is InChI=1S/C16H17BrFN/c1-11(10-13-6-8-14(18)9-7-13)19-16-5-3-4-15(17)12(16)2/h3-9,11,19H,10H2,1-2H3. The molecule has 0 saturated carbocycles. The van der Waals surface area contributed by atoms with Gasteiger partial charge in [-0.3, -0.25) is 0 Å². The molecule has 0 bridgehead atoms. The SMILES string of the molecule is Cc1c(Br)cccc1NC(C)Cc1ccc(F)cc1. The van der Waals surface area contributed by atoms with Gasteiger partial charge in [-0.1, -0.05) is 34.1 Å². The smallest absolute Gasteiger partial charge is 0.123 e. The van der Waals surface area contributed by atoms with E-state index in [0.717, 1.165) is 22.1 Å².